The van der Waals surface area contributed by atoms with Crippen LogP contribution >= 0.6 is 22.6 Å². The molecule has 9 heteroatoms. The Kier molecular flexibility index (Phi) is 6.11. The number of likely N-dealkylation sites (tertiary alicyclic amines) is 1. The maximum Gasteiger partial charge on any atom is 0.256 e. The molecule has 0 radical (unpaired) electrons. The number of hydrogen-bond acceptors (Lipinski definition) is 3. The highest BCUT2D eigenvalue weighted by atomic mass is 127. The van der Waals surface area contributed by atoms with E-state index in [-0.39, 0.29) is 36.2 Å². The molecule has 0 spiro atoms. The monoisotopic (exact) mass is 503 g/mol. The fourth-order valence-corrected chi connectivity index (χ4v) is 3.33. The molecule has 2 aromatic carbocycles. The van der Waals surface area contributed by atoms with Gasteiger partial charge in [0.25, 0.3) is 5.91 Å². The molecule has 0 aliphatic carbocycles. The van der Waals surface area contributed by atoms with Crippen LogP contribution in [0.15, 0.2) is 30.3 Å². The van der Waals surface area contributed by atoms with Crippen LogP contribution in [0.4, 0.5) is 24.5 Å². The molecular formula is C19H17F3IN3O2. The number of carbonyl (C=O) groups is 2. The quantitative estimate of drug-likeness (QED) is 0.613. The fraction of sp³-hybridized carbons (Fsp3) is 0.263. The normalized spacial score (nSPS) is 13.8. The molecule has 0 atom stereocenters. The summed E-state index contributed by atoms with van der Waals surface area (Å²) < 4.78 is 42.9. The van der Waals surface area contributed by atoms with Gasteiger partial charge in [-0.05, 0) is 59.8 Å². The number of benzene rings is 2. The minimum absolute atomic E-state index is 0.0808. The zero-order valence-corrected chi connectivity index (χ0v) is 17.0. The first-order chi connectivity index (χ1) is 13.3. The summed E-state index contributed by atoms with van der Waals surface area (Å²) in [5.74, 6) is -4.14. The van der Waals surface area contributed by atoms with Gasteiger partial charge in [-0.3, -0.25) is 9.59 Å². The van der Waals surface area contributed by atoms with Crippen molar-refractivity contribution < 1.29 is 22.8 Å². The van der Waals surface area contributed by atoms with Gasteiger partial charge in [-0.15, -0.1) is 0 Å². The first-order valence-corrected chi connectivity index (χ1v) is 9.66. The number of nitrogens with zero attached hydrogens (tertiary/aromatic N) is 1. The predicted octanol–water partition coefficient (Wildman–Crippen LogP) is 3.66. The maximum absolute atomic E-state index is 14.4. The van der Waals surface area contributed by atoms with Crippen molar-refractivity contribution in [1.82, 2.24) is 10.2 Å². The third-order valence-electron chi connectivity index (χ3n) is 4.41. The molecule has 1 fully saturated rings. The van der Waals surface area contributed by atoms with Gasteiger partial charge in [-0.2, -0.15) is 0 Å². The average Bonchev–Trinajstić information content (AvgIpc) is 2.60. The van der Waals surface area contributed by atoms with Gasteiger partial charge in [0.05, 0.1) is 22.9 Å². The number of amides is 2. The van der Waals surface area contributed by atoms with Gasteiger partial charge in [0.2, 0.25) is 5.91 Å². The molecule has 28 heavy (non-hydrogen) atoms. The molecular weight excluding hydrogens is 486 g/mol. The van der Waals surface area contributed by atoms with E-state index in [0.29, 0.717) is 10.1 Å². The molecule has 1 aliphatic rings. The Morgan fingerprint density at radius 2 is 1.86 bits per heavy atom. The molecule has 5 nitrogen and oxygen atoms in total. The van der Waals surface area contributed by atoms with E-state index in [1.54, 1.807) is 13.0 Å². The lowest BCUT2D eigenvalue weighted by Crippen LogP contribution is -2.55. The van der Waals surface area contributed by atoms with Crippen molar-refractivity contribution in [3.8, 4) is 0 Å². The highest BCUT2D eigenvalue weighted by Gasteiger charge is 2.37. The summed E-state index contributed by atoms with van der Waals surface area (Å²) in [6, 6.07) is 6.20. The Hall–Kier alpha value is -2.30. The number of hydrogen-bond donors (Lipinski definition) is 2. The first kappa shape index (κ1) is 20.4. The molecule has 3 rings (SSSR count). The molecule has 1 heterocycles. The van der Waals surface area contributed by atoms with Crippen LogP contribution < -0.4 is 10.6 Å². The van der Waals surface area contributed by atoms with Crippen molar-refractivity contribution >= 4 is 45.8 Å². The lowest BCUT2D eigenvalue weighted by Gasteiger charge is -2.38. The summed E-state index contributed by atoms with van der Waals surface area (Å²) in [6.45, 7) is 2.65. The van der Waals surface area contributed by atoms with Crippen molar-refractivity contribution in [3.05, 3.63) is 56.9 Å². The van der Waals surface area contributed by atoms with Gasteiger partial charge < -0.3 is 15.5 Å². The average molecular weight is 503 g/mol. The third kappa shape index (κ3) is 4.08. The van der Waals surface area contributed by atoms with Crippen molar-refractivity contribution in [3.63, 3.8) is 0 Å². The maximum atomic E-state index is 14.4. The number of anilines is 2. The largest absolute Gasteiger partial charge is 0.356 e. The molecule has 148 valence electrons. The minimum Gasteiger partial charge on any atom is -0.356 e. The van der Waals surface area contributed by atoms with Gasteiger partial charge in [0.15, 0.2) is 11.6 Å². The van der Waals surface area contributed by atoms with Gasteiger partial charge >= 0.3 is 0 Å². The lowest BCUT2D eigenvalue weighted by molar-refractivity contribution is -0.128. The Labute approximate surface area is 173 Å². The minimum atomic E-state index is -1.27. The van der Waals surface area contributed by atoms with Crippen LogP contribution in [0.25, 0.3) is 0 Å². The van der Waals surface area contributed by atoms with Gasteiger partial charge in [-0.25, -0.2) is 13.2 Å². The smallest absolute Gasteiger partial charge is 0.256 e. The highest BCUT2D eigenvalue weighted by molar-refractivity contribution is 14.1. The Morgan fingerprint density at radius 1 is 1.14 bits per heavy atom. The van der Waals surface area contributed by atoms with E-state index in [1.807, 2.05) is 22.6 Å². The highest BCUT2D eigenvalue weighted by Crippen LogP contribution is 2.30. The SMILES string of the molecule is CCNC(=O)C1CN(C(=O)c2ccc(F)c(F)c2Nc2ccc(I)cc2F)C1. The summed E-state index contributed by atoms with van der Waals surface area (Å²) in [6.07, 6.45) is 0. The predicted molar refractivity (Wildman–Crippen MR) is 107 cm³/mol. The molecule has 2 amide bonds. The zero-order valence-electron chi connectivity index (χ0n) is 14.9. The fourth-order valence-electron chi connectivity index (χ4n) is 2.88. The first-order valence-electron chi connectivity index (χ1n) is 8.58. The van der Waals surface area contributed by atoms with Crippen molar-refractivity contribution in [2.75, 3.05) is 25.0 Å². The van der Waals surface area contributed by atoms with Crippen molar-refractivity contribution in [1.29, 1.82) is 0 Å². The molecule has 0 saturated carbocycles. The molecule has 1 aliphatic heterocycles. The van der Waals surface area contributed by atoms with Gasteiger partial charge in [0.1, 0.15) is 5.82 Å². The zero-order chi connectivity index (χ0) is 20.4. The summed E-state index contributed by atoms with van der Waals surface area (Å²) in [7, 11) is 0. The molecule has 0 bridgehead atoms. The van der Waals surface area contributed by atoms with Crippen LogP contribution in [0.1, 0.15) is 17.3 Å². The second-order valence-corrected chi connectivity index (χ2v) is 7.58. The molecule has 0 unspecified atom stereocenters. The van der Waals surface area contributed by atoms with E-state index in [4.69, 9.17) is 0 Å². The van der Waals surface area contributed by atoms with E-state index < -0.39 is 29.0 Å². The Balaban J connectivity index is 1.85. The summed E-state index contributed by atoms with van der Waals surface area (Å²) in [4.78, 5) is 25.9. The van der Waals surface area contributed by atoms with E-state index in [9.17, 15) is 22.8 Å². The van der Waals surface area contributed by atoms with Crippen molar-refractivity contribution in [2.45, 2.75) is 6.92 Å². The number of nitrogens with one attached hydrogen (secondary N) is 2. The van der Waals surface area contributed by atoms with Crippen molar-refractivity contribution in [2.24, 2.45) is 5.92 Å². The van der Waals surface area contributed by atoms with Crippen LogP contribution in [-0.4, -0.2) is 36.3 Å². The van der Waals surface area contributed by atoms with E-state index in [1.165, 1.54) is 17.0 Å². The number of carbonyl (C=O) groups excluding carboxylic acids is 2. The third-order valence-corrected chi connectivity index (χ3v) is 5.08. The summed E-state index contributed by atoms with van der Waals surface area (Å²) in [5, 5.41) is 5.17. The van der Waals surface area contributed by atoms with Crippen LogP contribution in [0.3, 0.4) is 0 Å². The van der Waals surface area contributed by atoms with Crippen LogP contribution in [0.5, 0.6) is 0 Å². The topological polar surface area (TPSA) is 61.4 Å². The van der Waals surface area contributed by atoms with Crippen LogP contribution in [0, 0.1) is 26.9 Å². The molecule has 2 N–H and O–H groups in total. The second kappa shape index (κ2) is 8.38. The van der Waals surface area contributed by atoms with Gasteiger partial charge in [0, 0.05) is 23.2 Å². The van der Waals surface area contributed by atoms with Crippen LogP contribution in [0.2, 0.25) is 0 Å². The molecule has 0 aromatic heterocycles. The standard InChI is InChI=1S/C19H17F3IN3O2/c1-2-24-18(27)10-8-26(9-10)19(28)12-4-5-13(20)16(22)17(12)25-15-6-3-11(23)7-14(15)21/h3-7,10,25H,2,8-9H2,1H3,(H,24,27). The summed E-state index contributed by atoms with van der Waals surface area (Å²) in [5.41, 5.74) is -0.652. The van der Waals surface area contributed by atoms with E-state index in [2.05, 4.69) is 10.6 Å². The number of rotatable bonds is 5. The van der Waals surface area contributed by atoms with Gasteiger partial charge in [-0.1, -0.05) is 0 Å². The van der Waals surface area contributed by atoms with E-state index in [0.717, 1.165) is 12.1 Å². The number of halogens is 4. The lowest BCUT2D eigenvalue weighted by atomic mass is 9.97. The molecule has 2 aromatic rings. The molecule has 1 saturated heterocycles. The Bertz CT molecular complexity index is 933. The van der Waals surface area contributed by atoms with E-state index >= 15 is 0 Å². The second-order valence-electron chi connectivity index (χ2n) is 6.33. The van der Waals surface area contributed by atoms with Crippen LogP contribution in [-0.2, 0) is 4.79 Å². The Morgan fingerprint density at radius 3 is 2.50 bits per heavy atom. The summed E-state index contributed by atoms with van der Waals surface area (Å²) >= 11 is 1.92.